The maximum Gasteiger partial charge on any atom is 0.151 e. The first kappa shape index (κ1) is 10.4. The number of hydrogen-bond donors (Lipinski definition) is 1. The molecular formula is C11H14FNO2. The van der Waals surface area contributed by atoms with Crippen molar-refractivity contribution in [2.24, 2.45) is 0 Å². The second-order valence-electron chi connectivity index (χ2n) is 3.67. The number of ether oxygens (including phenoxy) is 1. The summed E-state index contributed by atoms with van der Waals surface area (Å²) < 4.78 is 18.9. The van der Waals surface area contributed by atoms with Crippen molar-refractivity contribution in [2.45, 2.75) is 12.7 Å². The van der Waals surface area contributed by atoms with Gasteiger partial charge in [0.1, 0.15) is 0 Å². The largest absolute Gasteiger partial charge is 0.392 e. The third-order valence-electron chi connectivity index (χ3n) is 2.75. The van der Waals surface area contributed by atoms with Crippen molar-refractivity contribution in [3.05, 3.63) is 29.6 Å². The van der Waals surface area contributed by atoms with Gasteiger partial charge < -0.3 is 14.7 Å². The molecule has 0 saturated carbocycles. The molecule has 82 valence electrons. The minimum atomic E-state index is -0.324. The van der Waals surface area contributed by atoms with E-state index in [-0.39, 0.29) is 18.5 Å². The Morgan fingerprint density at radius 3 is 2.87 bits per heavy atom. The molecule has 0 aromatic heterocycles. The average Bonchev–Trinajstić information content (AvgIpc) is 2.19. The number of halogens is 1. The van der Waals surface area contributed by atoms with Crippen LogP contribution in [-0.4, -0.2) is 31.4 Å². The van der Waals surface area contributed by atoms with Gasteiger partial charge >= 0.3 is 0 Å². The van der Waals surface area contributed by atoms with E-state index in [4.69, 9.17) is 9.84 Å². The summed E-state index contributed by atoms with van der Waals surface area (Å²) in [6, 6.07) is 5.07. The molecule has 1 saturated heterocycles. The van der Waals surface area contributed by atoms with Crippen molar-refractivity contribution in [2.75, 3.05) is 25.1 Å². The lowest BCUT2D eigenvalue weighted by molar-refractivity contribution is 0.0783. The summed E-state index contributed by atoms with van der Waals surface area (Å²) in [6.45, 7) is 1.16. The van der Waals surface area contributed by atoms with Crippen molar-refractivity contribution in [1.29, 1.82) is 0 Å². The molecule has 4 heteroatoms. The molecule has 1 aromatic rings. The standard InChI is InChI=1S/C11H14FNO2/c1-15-9-5-13(6-9)10-4-2-3-8(7-14)11(10)12/h2-4,9,14H,5-7H2,1H3. The molecule has 2 rings (SSSR count). The van der Waals surface area contributed by atoms with Crippen LogP contribution in [-0.2, 0) is 11.3 Å². The molecule has 0 amide bonds. The Balaban J connectivity index is 2.16. The Kier molecular flexibility index (Phi) is 2.88. The molecule has 1 aromatic carbocycles. The second kappa shape index (κ2) is 4.16. The van der Waals surface area contributed by atoms with Crippen molar-refractivity contribution >= 4 is 5.69 Å². The molecule has 0 radical (unpaired) electrons. The van der Waals surface area contributed by atoms with Gasteiger partial charge in [-0.3, -0.25) is 0 Å². The normalized spacial score (nSPS) is 16.6. The number of methoxy groups -OCH3 is 1. The zero-order chi connectivity index (χ0) is 10.8. The summed E-state index contributed by atoms with van der Waals surface area (Å²) in [5, 5.41) is 8.93. The van der Waals surface area contributed by atoms with Gasteiger partial charge in [-0.15, -0.1) is 0 Å². The lowest BCUT2D eigenvalue weighted by Gasteiger charge is -2.40. The number of aliphatic hydroxyl groups is 1. The molecule has 1 heterocycles. The van der Waals surface area contributed by atoms with Gasteiger partial charge in [0.2, 0.25) is 0 Å². The van der Waals surface area contributed by atoms with Gasteiger partial charge in [-0.1, -0.05) is 12.1 Å². The van der Waals surface area contributed by atoms with E-state index in [1.54, 1.807) is 25.3 Å². The minimum Gasteiger partial charge on any atom is -0.392 e. The molecule has 1 fully saturated rings. The highest BCUT2D eigenvalue weighted by Gasteiger charge is 2.28. The third-order valence-corrected chi connectivity index (χ3v) is 2.75. The number of anilines is 1. The summed E-state index contributed by atoms with van der Waals surface area (Å²) in [5.74, 6) is -0.324. The fourth-order valence-electron chi connectivity index (χ4n) is 1.72. The molecular weight excluding hydrogens is 197 g/mol. The lowest BCUT2D eigenvalue weighted by atomic mass is 10.1. The van der Waals surface area contributed by atoms with Gasteiger partial charge in [0.05, 0.1) is 18.4 Å². The Morgan fingerprint density at radius 1 is 1.53 bits per heavy atom. The molecule has 0 unspecified atom stereocenters. The van der Waals surface area contributed by atoms with Crippen molar-refractivity contribution in [3.63, 3.8) is 0 Å². The fourth-order valence-corrected chi connectivity index (χ4v) is 1.72. The molecule has 1 N–H and O–H groups in total. The van der Waals surface area contributed by atoms with E-state index in [1.807, 2.05) is 4.90 Å². The molecule has 0 aliphatic carbocycles. The Morgan fingerprint density at radius 2 is 2.27 bits per heavy atom. The maximum absolute atomic E-state index is 13.7. The zero-order valence-corrected chi connectivity index (χ0v) is 8.61. The lowest BCUT2D eigenvalue weighted by Crippen LogP contribution is -2.52. The van der Waals surface area contributed by atoms with Crippen LogP contribution in [0.15, 0.2) is 18.2 Å². The van der Waals surface area contributed by atoms with Gasteiger partial charge in [0.25, 0.3) is 0 Å². The predicted molar refractivity (Wildman–Crippen MR) is 55.3 cm³/mol. The van der Waals surface area contributed by atoms with Crippen LogP contribution in [0.2, 0.25) is 0 Å². The Labute approximate surface area is 88.1 Å². The van der Waals surface area contributed by atoms with Crippen LogP contribution in [0.5, 0.6) is 0 Å². The van der Waals surface area contributed by atoms with Crippen LogP contribution >= 0.6 is 0 Å². The molecule has 3 nitrogen and oxygen atoms in total. The van der Waals surface area contributed by atoms with Gasteiger partial charge in [0.15, 0.2) is 5.82 Å². The summed E-state index contributed by atoms with van der Waals surface area (Å²) >= 11 is 0. The monoisotopic (exact) mass is 211 g/mol. The molecule has 0 atom stereocenters. The van der Waals surface area contributed by atoms with Gasteiger partial charge in [-0.25, -0.2) is 4.39 Å². The maximum atomic E-state index is 13.7. The topological polar surface area (TPSA) is 32.7 Å². The summed E-state index contributed by atoms with van der Waals surface area (Å²) in [7, 11) is 1.66. The summed E-state index contributed by atoms with van der Waals surface area (Å²) in [4.78, 5) is 1.91. The van der Waals surface area contributed by atoms with E-state index >= 15 is 0 Å². The first-order chi connectivity index (χ1) is 7.26. The van der Waals surface area contributed by atoms with E-state index in [1.165, 1.54) is 0 Å². The number of aliphatic hydroxyl groups excluding tert-OH is 1. The summed E-state index contributed by atoms with van der Waals surface area (Å²) in [5.41, 5.74) is 0.892. The number of benzene rings is 1. The van der Waals surface area contributed by atoms with E-state index in [9.17, 15) is 4.39 Å². The quantitative estimate of drug-likeness (QED) is 0.814. The van der Waals surface area contributed by atoms with E-state index in [0.29, 0.717) is 24.3 Å². The van der Waals surface area contributed by atoms with Crippen LogP contribution in [0.4, 0.5) is 10.1 Å². The van der Waals surface area contributed by atoms with Crippen LogP contribution in [0.3, 0.4) is 0 Å². The van der Waals surface area contributed by atoms with E-state index in [0.717, 1.165) is 0 Å². The highest BCUT2D eigenvalue weighted by atomic mass is 19.1. The molecule has 1 aliphatic heterocycles. The highest BCUT2D eigenvalue weighted by molar-refractivity contribution is 5.52. The number of hydrogen-bond acceptors (Lipinski definition) is 3. The van der Waals surface area contributed by atoms with E-state index < -0.39 is 0 Å². The zero-order valence-electron chi connectivity index (χ0n) is 8.61. The van der Waals surface area contributed by atoms with Gasteiger partial charge in [-0.05, 0) is 6.07 Å². The molecule has 1 aliphatic rings. The Bertz CT molecular complexity index is 350. The van der Waals surface area contributed by atoms with Crippen LogP contribution in [0.1, 0.15) is 5.56 Å². The third kappa shape index (κ3) is 1.82. The van der Waals surface area contributed by atoms with E-state index in [2.05, 4.69) is 0 Å². The predicted octanol–water partition coefficient (Wildman–Crippen LogP) is 1.15. The summed E-state index contributed by atoms with van der Waals surface area (Å²) in [6.07, 6.45) is 0.196. The van der Waals surface area contributed by atoms with Gasteiger partial charge in [0, 0.05) is 25.8 Å². The molecule has 0 spiro atoms. The number of rotatable bonds is 3. The molecule has 0 bridgehead atoms. The Hall–Kier alpha value is -1.13. The first-order valence-corrected chi connectivity index (χ1v) is 4.92. The smallest absolute Gasteiger partial charge is 0.151 e. The van der Waals surface area contributed by atoms with Crippen LogP contribution < -0.4 is 4.90 Å². The van der Waals surface area contributed by atoms with Crippen LogP contribution in [0, 0.1) is 5.82 Å². The molecule has 15 heavy (non-hydrogen) atoms. The van der Waals surface area contributed by atoms with Crippen molar-refractivity contribution < 1.29 is 14.2 Å². The average molecular weight is 211 g/mol. The number of nitrogens with zero attached hydrogens (tertiary/aromatic N) is 1. The minimum absolute atomic E-state index is 0.196. The first-order valence-electron chi connectivity index (χ1n) is 4.92. The van der Waals surface area contributed by atoms with Crippen molar-refractivity contribution in [1.82, 2.24) is 0 Å². The van der Waals surface area contributed by atoms with Gasteiger partial charge in [-0.2, -0.15) is 0 Å². The second-order valence-corrected chi connectivity index (χ2v) is 3.67. The fraction of sp³-hybridized carbons (Fsp3) is 0.455. The highest BCUT2D eigenvalue weighted by Crippen LogP contribution is 2.27. The SMILES string of the molecule is COC1CN(c2cccc(CO)c2F)C1. The van der Waals surface area contributed by atoms with Crippen molar-refractivity contribution in [3.8, 4) is 0 Å². The van der Waals surface area contributed by atoms with Crippen LogP contribution in [0.25, 0.3) is 0 Å².